The molecule has 6 heteroatoms. The first-order chi connectivity index (χ1) is 14.2. The number of likely N-dealkylation sites (tertiary alicyclic amines) is 1. The number of carbonyl (C=O) groups is 1. The molecule has 1 aliphatic heterocycles. The Hall–Kier alpha value is -2.99. The number of carbonyl (C=O) groups excluding carboxylic acids is 1. The summed E-state index contributed by atoms with van der Waals surface area (Å²) in [6.07, 6.45) is 1.74. The highest BCUT2D eigenvalue weighted by Gasteiger charge is 2.34. The number of nitrogens with zero attached hydrogens (tertiary/aromatic N) is 3. The van der Waals surface area contributed by atoms with Gasteiger partial charge in [0.1, 0.15) is 6.04 Å². The molecule has 0 radical (unpaired) electrons. The highest BCUT2D eigenvalue weighted by Crippen LogP contribution is 2.33. The van der Waals surface area contributed by atoms with E-state index in [0.29, 0.717) is 23.8 Å². The molecule has 1 atom stereocenters. The molecule has 1 saturated heterocycles. The van der Waals surface area contributed by atoms with Crippen molar-refractivity contribution in [3.63, 3.8) is 0 Å². The van der Waals surface area contributed by atoms with Gasteiger partial charge < -0.3 is 9.42 Å². The first kappa shape index (κ1) is 18.1. The Morgan fingerprint density at radius 3 is 2.66 bits per heavy atom. The molecule has 0 aliphatic carbocycles. The number of halogens is 1. The van der Waals surface area contributed by atoms with Crippen molar-refractivity contribution in [3.05, 3.63) is 82.7 Å². The molecule has 1 amide bonds. The molecule has 0 spiro atoms. The van der Waals surface area contributed by atoms with Crippen LogP contribution >= 0.6 is 15.9 Å². The summed E-state index contributed by atoms with van der Waals surface area (Å²) in [5.41, 5.74) is 1.57. The maximum absolute atomic E-state index is 13.2. The molecular weight excluding hydrogens is 430 g/mol. The summed E-state index contributed by atoms with van der Waals surface area (Å²) in [5, 5.41) is 6.31. The van der Waals surface area contributed by atoms with Crippen LogP contribution in [0.2, 0.25) is 0 Å². The smallest absolute Gasteiger partial charge is 0.254 e. The Morgan fingerprint density at radius 2 is 1.83 bits per heavy atom. The predicted octanol–water partition coefficient (Wildman–Crippen LogP) is 5.63. The van der Waals surface area contributed by atoms with Crippen molar-refractivity contribution in [1.82, 2.24) is 15.0 Å². The molecular formula is C23H18BrN3O2. The summed E-state index contributed by atoms with van der Waals surface area (Å²) >= 11 is 3.43. The van der Waals surface area contributed by atoms with Crippen LogP contribution in [0.4, 0.5) is 0 Å². The Labute approximate surface area is 176 Å². The second kappa shape index (κ2) is 7.44. The van der Waals surface area contributed by atoms with Gasteiger partial charge in [0.05, 0.1) is 0 Å². The quantitative estimate of drug-likeness (QED) is 0.408. The number of fused-ring (bicyclic) bond motifs is 1. The number of hydrogen-bond acceptors (Lipinski definition) is 4. The van der Waals surface area contributed by atoms with Gasteiger partial charge in [0.25, 0.3) is 5.91 Å². The molecule has 2 heterocycles. The second-order valence-electron chi connectivity index (χ2n) is 7.18. The van der Waals surface area contributed by atoms with Crippen molar-refractivity contribution in [3.8, 4) is 11.4 Å². The van der Waals surface area contributed by atoms with Crippen molar-refractivity contribution < 1.29 is 9.32 Å². The molecule has 1 aliphatic rings. The number of hydrogen-bond donors (Lipinski definition) is 0. The van der Waals surface area contributed by atoms with Crippen LogP contribution in [-0.2, 0) is 0 Å². The fourth-order valence-electron chi connectivity index (χ4n) is 3.84. The van der Waals surface area contributed by atoms with Gasteiger partial charge in [-0.25, -0.2) is 0 Å². The van der Waals surface area contributed by atoms with Gasteiger partial charge in [-0.05, 0) is 60.0 Å². The van der Waals surface area contributed by atoms with Crippen molar-refractivity contribution in [2.24, 2.45) is 0 Å². The van der Waals surface area contributed by atoms with Crippen LogP contribution in [0.3, 0.4) is 0 Å². The summed E-state index contributed by atoms with van der Waals surface area (Å²) < 4.78 is 6.55. The van der Waals surface area contributed by atoms with Crippen molar-refractivity contribution in [2.75, 3.05) is 6.54 Å². The third kappa shape index (κ3) is 3.44. The fourth-order valence-corrected chi connectivity index (χ4v) is 4.11. The molecule has 4 aromatic rings. The molecule has 0 bridgehead atoms. The molecule has 5 nitrogen and oxygen atoms in total. The zero-order valence-electron chi connectivity index (χ0n) is 15.6. The van der Waals surface area contributed by atoms with Gasteiger partial charge >= 0.3 is 0 Å². The number of amides is 1. The number of rotatable bonds is 3. The summed E-state index contributed by atoms with van der Waals surface area (Å²) in [6.45, 7) is 0.687. The molecule has 3 aromatic carbocycles. The van der Waals surface area contributed by atoms with Crippen LogP contribution < -0.4 is 0 Å². The van der Waals surface area contributed by atoms with E-state index in [0.717, 1.165) is 33.7 Å². The van der Waals surface area contributed by atoms with E-state index in [1.165, 1.54) is 0 Å². The SMILES string of the molecule is O=C(c1ccc2ccccc2c1)N1CCCC1c1nc(-c2ccc(Br)cc2)no1. The Morgan fingerprint density at radius 1 is 1.03 bits per heavy atom. The van der Waals surface area contributed by atoms with Crippen molar-refractivity contribution in [1.29, 1.82) is 0 Å². The molecule has 1 aromatic heterocycles. The highest BCUT2D eigenvalue weighted by molar-refractivity contribution is 9.10. The lowest BCUT2D eigenvalue weighted by Gasteiger charge is -2.22. The average molecular weight is 448 g/mol. The molecule has 1 fully saturated rings. The lowest BCUT2D eigenvalue weighted by atomic mass is 10.1. The Kier molecular flexibility index (Phi) is 4.64. The minimum Gasteiger partial charge on any atom is -0.337 e. The first-order valence-corrected chi connectivity index (χ1v) is 10.4. The number of aromatic nitrogens is 2. The van der Waals surface area contributed by atoms with E-state index in [1.54, 1.807) is 0 Å². The van der Waals surface area contributed by atoms with Gasteiger partial charge in [-0.1, -0.05) is 51.4 Å². The largest absolute Gasteiger partial charge is 0.337 e. The average Bonchev–Trinajstić information content (AvgIpc) is 3.43. The van der Waals surface area contributed by atoms with Crippen LogP contribution in [0.25, 0.3) is 22.2 Å². The summed E-state index contributed by atoms with van der Waals surface area (Å²) in [4.78, 5) is 19.7. The van der Waals surface area contributed by atoms with Crippen molar-refractivity contribution in [2.45, 2.75) is 18.9 Å². The zero-order valence-corrected chi connectivity index (χ0v) is 17.2. The van der Waals surface area contributed by atoms with Gasteiger partial charge in [-0.15, -0.1) is 0 Å². The number of benzene rings is 3. The van der Waals surface area contributed by atoms with Gasteiger partial charge in [0.2, 0.25) is 11.7 Å². The molecule has 1 unspecified atom stereocenters. The first-order valence-electron chi connectivity index (χ1n) is 9.58. The van der Waals surface area contributed by atoms with E-state index >= 15 is 0 Å². The van der Waals surface area contributed by atoms with Crippen LogP contribution in [0.1, 0.15) is 35.1 Å². The van der Waals surface area contributed by atoms with Gasteiger partial charge in [-0.3, -0.25) is 4.79 Å². The van der Waals surface area contributed by atoms with Gasteiger partial charge in [0.15, 0.2) is 0 Å². The van der Waals surface area contributed by atoms with E-state index in [-0.39, 0.29) is 11.9 Å². The highest BCUT2D eigenvalue weighted by atomic mass is 79.9. The van der Waals surface area contributed by atoms with E-state index in [4.69, 9.17) is 4.52 Å². The van der Waals surface area contributed by atoms with E-state index in [2.05, 4.69) is 26.1 Å². The standard InChI is InChI=1S/C23H18BrN3O2/c24-19-11-9-16(10-12-19)21-25-22(29-26-21)20-6-3-13-27(20)23(28)18-8-7-15-4-1-2-5-17(15)14-18/h1-2,4-5,7-12,14,20H,3,6,13H2. The molecule has 144 valence electrons. The van der Waals surface area contributed by atoms with E-state index in [1.807, 2.05) is 71.6 Å². The summed E-state index contributed by atoms with van der Waals surface area (Å²) in [7, 11) is 0. The minimum absolute atomic E-state index is 0.00152. The normalized spacial score (nSPS) is 16.4. The third-order valence-corrected chi connectivity index (χ3v) is 5.87. The second-order valence-corrected chi connectivity index (χ2v) is 8.10. The summed E-state index contributed by atoms with van der Waals surface area (Å²) in [6, 6.07) is 21.5. The minimum atomic E-state index is -0.189. The zero-order chi connectivity index (χ0) is 19.8. The molecule has 0 saturated carbocycles. The summed E-state index contributed by atoms with van der Waals surface area (Å²) in [5.74, 6) is 1.04. The predicted molar refractivity (Wildman–Crippen MR) is 114 cm³/mol. The maximum Gasteiger partial charge on any atom is 0.254 e. The molecule has 29 heavy (non-hydrogen) atoms. The van der Waals surface area contributed by atoms with Gasteiger partial charge in [-0.2, -0.15) is 4.98 Å². The third-order valence-electron chi connectivity index (χ3n) is 5.34. The molecule has 5 rings (SSSR count). The van der Waals surface area contributed by atoms with Crippen LogP contribution in [0.15, 0.2) is 75.7 Å². The van der Waals surface area contributed by atoms with Crippen LogP contribution in [-0.4, -0.2) is 27.5 Å². The fraction of sp³-hybridized carbons (Fsp3) is 0.174. The van der Waals surface area contributed by atoms with E-state index in [9.17, 15) is 4.79 Å². The Bertz CT molecular complexity index is 1190. The molecule has 0 N–H and O–H groups in total. The van der Waals surface area contributed by atoms with Gasteiger partial charge in [0, 0.05) is 22.1 Å². The lowest BCUT2D eigenvalue weighted by molar-refractivity contribution is 0.0710. The maximum atomic E-state index is 13.2. The van der Waals surface area contributed by atoms with Crippen LogP contribution in [0, 0.1) is 0 Å². The van der Waals surface area contributed by atoms with Crippen LogP contribution in [0.5, 0.6) is 0 Å². The van der Waals surface area contributed by atoms with Crippen molar-refractivity contribution >= 4 is 32.6 Å². The topological polar surface area (TPSA) is 59.2 Å². The monoisotopic (exact) mass is 447 g/mol. The van der Waals surface area contributed by atoms with E-state index < -0.39 is 0 Å². The lowest BCUT2D eigenvalue weighted by Crippen LogP contribution is -2.30. The Balaban J connectivity index is 1.42.